The molecule has 3 aromatic rings. The molecule has 1 heterocycles. The number of halogens is 4. The number of ether oxygens (including phenoxy) is 2. The summed E-state index contributed by atoms with van der Waals surface area (Å²) in [6.45, 7) is -0.204. The summed E-state index contributed by atoms with van der Waals surface area (Å²) in [6.07, 6.45) is 1.40. The Kier molecular flexibility index (Phi) is 7.99. The van der Waals surface area contributed by atoms with E-state index in [9.17, 15) is 4.79 Å². The summed E-state index contributed by atoms with van der Waals surface area (Å²) >= 11 is 16.3. The molecule has 0 spiro atoms. The van der Waals surface area contributed by atoms with Crippen LogP contribution in [0.4, 0.5) is 0 Å². The highest BCUT2D eigenvalue weighted by molar-refractivity contribution is 9.11. The molecule has 30 heavy (non-hydrogen) atoms. The SMILES string of the molecule is COc1ccc(-c2ccc(C=NNC(=O)COc3c(Br)cc(Br)cc3Br)o2)cc1Cl. The van der Waals surface area contributed by atoms with Crippen LogP contribution in [0.1, 0.15) is 5.76 Å². The summed E-state index contributed by atoms with van der Waals surface area (Å²) in [6, 6.07) is 12.5. The average Bonchev–Trinajstić information content (AvgIpc) is 3.16. The number of amides is 1. The van der Waals surface area contributed by atoms with Crippen LogP contribution in [-0.2, 0) is 4.79 Å². The molecule has 156 valence electrons. The molecule has 6 nitrogen and oxygen atoms in total. The van der Waals surface area contributed by atoms with Crippen LogP contribution in [0, 0.1) is 0 Å². The molecular formula is C20H14Br3ClN2O4. The standard InChI is InChI=1S/C20H14Br3ClN2O4/c1-28-18-4-2-11(6-16(18)24)17-5-3-13(30-17)9-25-26-19(27)10-29-20-14(22)7-12(21)8-15(20)23/h2-9H,10H2,1H3,(H,26,27). The summed E-state index contributed by atoms with van der Waals surface area (Å²) in [5, 5.41) is 4.37. The van der Waals surface area contributed by atoms with Gasteiger partial charge < -0.3 is 13.9 Å². The second-order valence-electron chi connectivity index (χ2n) is 5.83. The number of carbonyl (C=O) groups is 1. The summed E-state index contributed by atoms with van der Waals surface area (Å²) in [5.41, 5.74) is 3.19. The Morgan fingerprint density at radius 1 is 1.17 bits per heavy atom. The van der Waals surface area contributed by atoms with Crippen LogP contribution in [0.15, 0.2) is 65.4 Å². The molecule has 1 aromatic heterocycles. The smallest absolute Gasteiger partial charge is 0.277 e. The van der Waals surface area contributed by atoms with E-state index in [-0.39, 0.29) is 6.61 Å². The normalized spacial score (nSPS) is 11.0. The number of carbonyl (C=O) groups excluding carboxylic acids is 1. The zero-order valence-corrected chi connectivity index (χ0v) is 20.9. The van der Waals surface area contributed by atoms with Crippen LogP contribution in [0.5, 0.6) is 11.5 Å². The zero-order valence-electron chi connectivity index (χ0n) is 15.4. The first-order valence-electron chi connectivity index (χ1n) is 8.40. The molecule has 0 unspecified atom stereocenters. The minimum atomic E-state index is -0.415. The lowest BCUT2D eigenvalue weighted by Crippen LogP contribution is -2.24. The van der Waals surface area contributed by atoms with Gasteiger partial charge in [-0.25, -0.2) is 5.43 Å². The minimum Gasteiger partial charge on any atom is -0.495 e. The van der Waals surface area contributed by atoms with E-state index >= 15 is 0 Å². The van der Waals surface area contributed by atoms with Crippen LogP contribution in [0.2, 0.25) is 5.02 Å². The van der Waals surface area contributed by atoms with Gasteiger partial charge in [0.05, 0.1) is 27.3 Å². The number of hydrazone groups is 1. The van der Waals surface area contributed by atoms with Crippen LogP contribution in [0.25, 0.3) is 11.3 Å². The molecule has 0 radical (unpaired) electrons. The number of methoxy groups -OCH3 is 1. The van der Waals surface area contributed by atoms with Crippen molar-refractivity contribution in [3.8, 4) is 22.8 Å². The maximum Gasteiger partial charge on any atom is 0.277 e. The molecule has 1 N–H and O–H groups in total. The van der Waals surface area contributed by atoms with E-state index in [2.05, 4.69) is 58.3 Å². The largest absolute Gasteiger partial charge is 0.495 e. The molecule has 3 rings (SSSR count). The van der Waals surface area contributed by atoms with Crippen LogP contribution in [-0.4, -0.2) is 25.8 Å². The first-order valence-corrected chi connectivity index (χ1v) is 11.2. The highest BCUT2D eigenvalue weighted by atomic mass is 79.9. The van der Waals surface area contributed by atoms with E-state index in [1.165, 1.54) is 6.21 Å². The van der Waals surface area contributed by atoms with Crippen molar-refractivity contribution in [2.75, 3.05) is 13.7 Å². The fourth-order valence-electron chi connectivity index (χ4n) is 2.40. The van der Waals surface area contributed by atoms with Gasteiger partial charge in [-0.15, -0.1) is 0 Å². The number of rotatable bonds is 7. The number of hydrogen-bond acceptors (Lipinski definition) is 5. The van der Waals surface area contributed by atoms with Crippen molar-refractivity contribution in [2.45, 2.75) is 0 Å². The molecule has 2 aromatic carbocycles. The Morgan fingerprint density at radius 2 is 1.90 bits per heavy atom. The molecule has 1 amide bonds. The first kappa shape index (κ1) is 22.9. The van der Waals surface area contributed by atoms with Crippen LogP contribution in [0.3, 0.4) is 0 Å². The predicted molar refractivity (Wildman–Crippen MR) is 126 cm³/mol. The molecule has 0 fully saturated rings. The van der Waals surface area contributed by atoms with Gasteiger partial charge >= 0.3 is 0 Å². The highest BCUT2D eigenvalue weighted by Gasteiger charge is 2.11. The Hall–Kier alpha value is -1.81. The van der Waals surface area contributed by atoms with Gasteiger partial charge in [0.25, 0.3) is 5.91 Å². The van der Waals surface area contributed by atoms with E-state index in [0.717, 1.165) is 10.0 Å². The summed E-state index contributed by atoms with van der Waals surface area (Å²) in [5.74, 6) is 1.77. The lowest BCUT2D eigenvalue weighted by Gasteiger charge is -2.09. The number of benzene rings is 2. The maximum atomic E-state index is 12.0. The van der Waals surface area contributed by atoms with Gasteiger partial charge in [0.15, 0.2) is 6.61 Å². The number of furan rings is 1. The summed E-state index contributed by atoms with van der Waals surface area (Å²) in [7, 11) is 1.55. The first-order chi connectivity index (χ1) is 14.4. The predicted octanol–water partition coefficient (Wildman–Crippen LogP) is 6.43. The molecule has 10 heteroatoms. The Balaban J connectivity index is 1.56. The third-order valence-corrected chi connectivity index (χ3v) is 5.69. The monoisotopic (exact) mass is 618 g/mol. The van der Waals surface area contributed by atoms with Crippen LogP contribution >= 0.6 is 59.4 Å². The molecule has 0 bridgehead atoms. The fourth-order valence-corrected chi connectivity index (χ4v) is 5.15. The second kappa shape index (κ2) is 10.5. The van der Waals surface area contributed by atoms with Gasteiger partial charge in [0.1, 0.15) is 23.0 Å². The van der Waals surface area contributed by atoms with Crippen molar-refractivity contribution in [1.29, 1.82) is 0 Å². The van der Waals surface area contributed by atoms with Crippen molar-refractivity contribution in [2.24, 2.45) is 5.10 Å². The van der Waals surface area contributed by atoms with Crippen molar-refractivity contribution < 1.29 is 18.7 Å². The molecule has 0 aliphatic heterocycles. The zero-order chi connectivity index (χ0) is 21.7. The van der Waals surface area contributed by atoms with Gasteiger partial charge in [-0.3, -0.25) is 4.79 Å². The highest BCUT2D eigenvalue weighted by Crippen LogP contribution is 2.36. The third-order valence-electron chi connectivity index (χ3n) is 3.75. The summed E-state index contributed by atoms with van der Waals surface area (Å²) < 4.78 is 18.7. The Morgan fingerprint density at radius 3 is 2.57 bits per heavy atom. The quantitative estimate of drug-likeness (QED) is 0.244. The third kappa shape index (κ3) is 5.87. The molecule has 0 atom stereocenters. The van der Waals surface area contributed by atoms with E-state index in [4.69, 9.17) is 25.5 Å². The average molecular weight is 622 g/mol. The van der Waals surface area contributed by atoms with Crippen molar-refractivity contribution in [3.63, 3.8) is 0 Å². The van der Waals surface area contributed by atoms with Crippen molar-refractivity contribution in [3.05, 3.63) is 66.7 Å². The van der Waals surface area contributed by atoms with E-state index < -0.39 is 5.91 Å². The van der Waals surface area contributed by atoms with Crippen molar-refractivity contribution in [1.82, 2.24) is 5.43 Å². The van der Waals surface area contributed by atoms with Gasteiger partial charge in [-0.2, -0.15) is 5.10 Å². The molecule has 0 aliphatic rings. The molecule has 0 aliphatic carbocycles. The molecule has 0 saturated heterocycles. The van der Waals surface area contributed by atoms with Crippen molar-refractivity contribution >= 4 is 71.5 Å². The number of hydrogen-bond donors (Lipinski definition) is 1. The van der Waals surface area contributed by atoms with Gasteiger partial charge in [-0.05, 0) is 74.3 Å². The Bertz CT molecular complexity index is 1080. The topological polar surface area (TPSA) is 73.1 Å². The van der Waals surface area contributed by atoms with Gasteiger partial charge in [-0.1, -0.05) is 27.5 Å². The molecular weight excluding hydrogens is 607 g/mol. The van der Waals surface area contributed by atoms with E-state index in [1.54, 1.807) is 31.4 Å². The van der Waals surface area contributed by atoms with Gasteiger partial charge in [0.2, 0.25) is 0 Å². The second-order valence-corrected chi connectivity index (χ2v) is 8.86. The lowest BCUT2D eigenvalue weighted by atomic mass is 10.2. The summed E-state index contributed by atoms with van der Waals surface area (Å²) in [4.78, 5) is 12.0. The van der Waals surface area contributed by atoms with Gasteiger partial charge in [0, 0.05) is 10.0 Å². The molecule has 0 saturated carbocycles. The van der Waals surface area contributed by atoms with E-state index in [1.807, 2.05) is 18.2 Å². The Labute approximate surface area is 203 Å². The fraction of sp³-hybridized carbons (Fsp3) is 0.100. The van der Waals surface area contributed by atoms with E-state index in [0.29, 0.717) is 37.0 Å². The maximum absolute atomic E-state index is 12.0. The lowest BCUT2D eigenvalue weighted by molar-refractivity contribution is -0.123. The number of nitrogens with zero attached hydrogens (tertiary/aromatic N) is 1. The van der Waals surface area contributed by atoms with Crippen LogP contribution < -0.4 is 14.9 Å². The minimum absolute atomic E-state index is 0.204. The number of nitrogens with one attached hydrogen (secondary N) is 1.